The van der Waals surface area contributed by atoms with Crippen LogP contribution in [0.1, 0.15) is 40.8 Å². The molecule has 0 saturated carbocycles. The van der Waals surface area contributed by atoms with Gasteiger partial charge >= 0.3 is 0 Å². The predicted molar refractivity (Wildman–Crippen MR) is 112 cm³/mol. The largest absolute Gasteiger partial charge is 0.506 e. The van der Waals surface area contributed by atoms with Crippen molar-refractivity contribution in [1.29, 1.82) is 0 Å². The van der Waals surface area contributed by atoms with Crippen LogP contribution in [0, 0.1) is 0 Å². The molecule has 4 rings (SSSR count). The number of amides is 1. The molecule has 0 saturated heterocycles. The molecule has 1 aromatic heterocycles. The molecule has 0 spiro atoms. The quantitative estimate of drug-likeness (QED) is 0.354. The SMILES string of the molecule is NCCN(CCN)C(=O)c1cc2c(s1)C(=O)c1c(c(O)c3ccccc3c1O)C2=O. The summed E-state index contributed by atoms with van der Waals surface area (Å²) in [5.74, 6) is -2.33. The lowest BCUT2D eigenvalue weighted by Gasteiger charge is -2.20. The molecule has 0 fully saturated rings. The zero-order valence-corrected chi connectivity index (χ0v) is 16.7. The van der Waals surface area contributed by atoms with Gasteiger partial charge in [-0.2, -0.15) is 0 Å². The number of phenols is 2. The topological polar surface area (TPSA) is 147 Å². The van der Waals surface area contributed by atoms with Crippen LogP contribution in [-0.4, -0.2) is 58.8 Å². The average molecular weight is 425 g/mol. The summed E-state index contributed by atoms with van der Waals surface area (Å²) in [6.07, 6.45) is 0. The fraction of sp³-hybridized carbons (Fsp3) is 0.190. The van der Waals surface area contributed by atoms with Crippen molar-refractivity contribution in [3.05, 3.63) is 56.8 Å². The van der Waals surface area contributed by atoms with Crippen LogP contribution in [0.25, 0.3) is 10.8 Å². The number of phenolic OH excluding ortho intramolecular Hbond substituents is 2. The number of carbonyl (C=O) groups excluding carboxylic acids is 3. The molecule has 1 aliphatic carbocycles. The Kier molecular flexibility index (Phi) is 5.02. The molecule has 2 aromatic carbocycles. The summed E-state index contributed by atoms with van der Waals surface area (Å²) >= 11 is 0.883. The molecule has 0 atom stereocenters. The van der Waals surface area contributed by atoms with E-state index in [2.05, 4.69) is 0 Å². The molecule has 0 bridgehead atoms. The second-order valence-corrected chi connectivity index (χ2v) is 7.93. The molecule has 0 radical (unpaired) electrons. The van der Waals surface area contributed by atoms with Crippen molar-refractivity contribution < 1.29 is 24.6 Å². The van der Waals surface area contributed by atoms with E-state index in [1.165, 1.54) is 11.0 Å². The van der Waals surface area contributed by atoms with E-state index >= 15 is 0 Å². The van der Waals surface area contributed by atoms with Gasteiger partial charge in [-0.05, 0) is 6.07 Å². The van der Waals surface area contributed by atoms with Crippen LogP contribution in [0.4, 0.5) is 0 Å². The van der Waals surface area contributed by atoms with Gasteiger partial charge in [-0.15, -0.1) is 11.3 Å². The molecule has 6 N–H and O–H groups in total. The summed E-state index contributed by atoms with van der Waals surface area (Å²) in [5, 5.41) is 21.9. The summed E-state index contributed by atoms with van der Waals surface area (Å²) in [5.41, 5.74) is 10.7. The van der Waals surface area contributed by atoms with Crippen LogP contribution in [-0.2, 0) is 0 Å². The molecule has 1 amide bonds. The van der Waals surface area contributed by atoms with Gasteiger partial charge in [-0.3, -0.25) is 14.4 Å². The third-order valence-corrected chi connectivity index (χ3v) is 6.22. The number of rotatable bonds is 5. The first-order chi connectivity index (χ1) is 14.4. The number of thiophene rings is 1. The number of aromatic hydroxyl groups is 2. The van der Waals surface area contributed by atoms with Crippen molar-refractivity contribution in [2.75, 3.05) is 26.2 Å². The van der Waals surface area contributed by atoms with E-state index in [9.17, 15) is 24.6 Å². The highest BCUT2D eigenvalue weighted by atomic mass is 32.1. The fourth-order valence-corrected chi connectivity index (χ4v) is 4.78. The van der Waals surface area contributed by atoms with Crippen molar-refractivity contribution in [3.8, 4) is 11.5 Å². The molecule has 0 aliphatic heterocycles. The van der Waals surface area contributed by atoms with Crippen LogP contribution in [0.15, 0.2) is 30.3 Å². The zero-order valence-electron chi connectivity index (χ0n) is 15.8. The highest BCUT2D eigenvalue weighted by Gasteiger charge is 2.38. The van der Waals surface area contributed by atoms with Gasteiger partial charge in [0.2, 0.25) is 5.78 Å². The first kappa shape index (κ1) is 20.0. The van der Waals surface area contributed by atoms with E-state index in [1.54, 1.807) is 24.3 Å². The van der Waals surface area contributed by atoms with Crippen molar-refractivity contribution in [1.82, 2.24) is 4.90 Å². The number of hydrogen-bond donors (Lipinski definition) is 4. The third-order valence-electron chi connectivity index (χ3n) is 5.09. The maximum atomic E-state index is 13.1. The van der Waals surface area contributed by atoms with Gasteiger partial charge in [0.1, 0.15) is 11.5 Å². The number of nitrogens with two attached hydrogens (primary N) is 2. The van der Waals surface area contributed by atoms with Gasteiger partial charge in [0.15, 0.2) is 5.78 Å². The van der Waals surface area contributed by atoms with Crippen molar-refractivity contribution in [2.45, 2.75) is 0 Å². The second-order valence-electron chi connectivity index (χ2n) is 6.87. The number of fused-ring (bicyclic) bond motifs is 3. The first-order valence-corrected chi connectivity index (χ1v) is 10.1. The molecular formula is C21H19N3O5S. The Balaban J connectivity index is 1.87. The summed E-state index contributed by atoms with van der Waals surface area (Å²) < 4.78 is 0. The molecule has 154 valence electrons. The normalized spacial score (nSPS) is 12.7. The Bertz CT molecular complexity index is 1130. The Morgan fingerprint density at radius 1 is 0.933 bits per heavy atom. The Morgan fingerprint density at radius 2 is 1.47 bits per heavy atom. The molecule has 3 aromatic rings. The summed E-state index contributed by atoms with van der Waals surface area (Å²) in [6, 6.07) is 7.77. The minimum atomic E-state index is -0.613. The molecule has 8 nitrogen and oxygen atoms in total. The Labute approximate surface area is 175 Å². The summed E-state index contributed by atoms with van der Waals surface area (Å²) in [7, 11) is 0. The molecule has 1 heterocycles. The van der Waals surface area contributed by atoms with Crippen LogP contribution < -0.4 is 11.5 Å². The van der Waals surface area contributed by atoms with Gasteiger partial charge < -0.3 is 26.6 Å². The minimum Gasteiger partial charge on any atom is -0.506 e. The Morgan fingerprint density at radius 3 is 2.00 bits per heavy atom. The van der Waals surface area contributed by atoms with E-state index in [0.29, 0.717) is 0 Å². The number of benzene rings is 2. The monoisotopic (exact) mass is 425 g/mol. The summed E-state index contributed by atoms with van der Waals surface area (Å²) in [6.45, 7) is 1.06. The summed E-state index contributed by atoms with van der Waals surface area (Å²) in [4.78, 5) is 40.9. The molecular weight excluding hydrogens is 406 g/mol. The maximum Gasteiger partial charge on any atom is 0.264 e. The van der Waals surface area contributed by atoms with Crippen LogP contribution >= 0.6 is 11.3 Å². The standard InChI is InChI=1S/C21H19N3O5S/c22-5-7-24(8-6-23)21(29)13-9-12-18(27)14-15(19(28)20(12)30-13)17(26)11-4-2-1-3-10(11)16(14)25/h1-4,9,25-26H,5-8,22-23H2. The van der Waals surface area contributed by atoms with Gasteiger partial charge in [0.05, 0.1) is 20.9 Å². The number of carbonyl (C=O) groups is 3. The maximum absolute atomic E-state index is 13.1. The number of hydrogen-bond acceptors (Lipinski definition) is 8. The lowest BCUT2D eigenvalue weighted by molar-refractivity contribution is 0.0769. The zero-order chi connectivity index (χ0) is 21.6. The van der Waals surface area contributed by atoms with E-state index in [0.717, 1.165) is 11.3 Å². The molecule has 0 unspecified atom stereocenters. The van der Waals surface area contributed by atoms with Gasteiger partial charge in [0, 0.05) is 42.5 Å². The minimum absolute atomic E-state index is 0.0336. The smallest absolute Gasteiger partial charge is 0.264 e. The predicted octanol–water partition coefficient (Wildman–Crippen LogP) is 1.45. The van der Waals surface area contributed by atoms with Crippen molar-refractivity contribution in [3.63, 3.8) is 0 Å². The van der Waals surface area contributed by atoms with Gasteiger partial charge in [-0.1, -0.05) is 24.3 Å². The highest BCUT2D eigenvalue weighted by molar-refractivity contribution is 7.16. The van der Waals surface area contributed by atoms with E-state index < -0.39 is 11.6 Å². The average Bonchev–Trinajstić information content (AvgIpc) is 3.20. The third kappa shape index (κ3) is 2.86. The van der Waals surface area contributed by atoms with Crippen molar-refractivity contribution >= 4 is 39.6 Å². The second kappa shape index (κ2) is 7.52. The van der Waals surface area contributed by atoms with Crippen LogP contribution in [0.2, 0.25) is 0 Å². The molecule has 9 heteroatoms. The lowest BCUT2D eigenvalue weighted by Crippen LogP contribution is -2.38. The van der Waals surface area contributed by atoms with Gasteiger partial charge in [0.25, 0.3) is 5.91 Å². The van der Waals surface area contributed by atoms with Crippen LogP contribution in [0.3, 0.4) is 0 Å². The van der Waals surface area contributed by atoms with E-state index in [-0.39, 0.29) is 80.8 Å². The van der Waals surface area contributed by atoms with E-state index in [4.69, 9.17) is 11.5 Å². The highest BCUT2D eigenvalue weighted by Crippen LogP contribution is 2.45. The number of ketones is 2. The molecule has 30 heavy (non-hydrogen) atoms. The van der Waals surface area contributed by atoms with Crippen molar-refractivity contribution in [2.24, 2.45) is 11.5 Å². The Hall–Kier alpha value is -3.27. The fourth-order valence-electron chi connectivity index (χ4n) is 3.71. The van der Waals surface area contributed by atoms with Gasteiger partial charge in [-0.25, -0.2) is 0 Å². The first-order valence-electron chi connectivity index (χ1n) is 9.30. The molecule has 1 aliphatic rings. The number of nitrogens with zero attached hydrogens (tertiary/aromatic N) is 1. The lowest BCUT2D eigenvalue weighted by atomic mass is 9.85. The van der Waals surface area contributed by atoms with Crippen LogP contribution in [0.5, 0.6) is 11.5 Å². The van der Waals surface area contributed by atoms with E-state index in [1.807, 2.05) is 0 Å².